The number of ether oxygens (including phenoxy) is 2. The first-order valence-corrected chi connectivity index (χ1v) is 7.73. The minimum absolute atomic E-state index is 0.0136. The number of carboxylic acids is 1. The molecule has 0 radical (unpaired) electrons. The van der Waals surface area contributed by atoms with Crippen molar-refractivity contribution in [2.75, 3.05) is 6.61 Å². The number of halogens is 3. The summed E-state index contributed by atoms with van der Waals surface area (Å²) in [7, 11) is 0. The fourth-order valence-corrected chi connectivity index (χ4v) is 3.02. The van der Waals surface area contributed by atoms with Gasteiger partial charge in [0.1, 0.15) is 5.75 Å². The maximum Gasteiger partial charge on any atom is 0.349 e. The summed E-state index contributed by atoms with van der Waals surface area (Å²) in [6.07, 6.45) is 0. The van der Waals surface area contributed by atoms with Crippen molar-refractivity contribution in [1.29, 1.82) is 0 Å². The van der Waals surface area contributed by atoms with E-state index in [1.165, 1.54) is 30.3 Å². The van der Waals surface area contributed by atoms with E-state index in [4.69, 9.17) is 37.8 Å². The molecule has 1 N–H and O–H groups in total. The minimum atomic E-state index is -1.11. The summed E-state index contributed by atoms with van der Waals surface area (Å²) in [6.45, 7) is -0.406. The van der Waals surface area contributed by atoms with Crippen LogP contribution in [-0.2, 0) is 4.79 Å². The highest BCUT2D eigenvalue weighted by Gasteiger charge is 2.13. The number of hydrogen-bond donors (Lipinski definition) is 1. The molecule has 0 atom stereocenters. The first-order valence-electron chi connectivity index (χ1n) is 6.18. The predicted molar refractivity (Wildman–Crippen MR) is 88.7 cm³/mol. The van der Waals surface area contributed by atoms with Crippen molar-refractivity contribution in [3.63, 3.8) is 0 Å². The quantitative estimate of drug-likeness (QED) is 0.572. The summed E-state index contributed by atoms with van der Waals surface area (Å²) in [5.41, 5.74) is 0.0136. The highest BCUT2D eigenvalue weighted by atomic mass is 79.9. The molecule has 2 rings (SSSR count). The smallest absolute Gasteiger partial charge is 0.349 e. The van der Waals surface area contributed by atoms with Crippen LogP contribution in [0.2, 0.25) is 10.0 Å². The van der Waals surface area contributed by atoms with Crippen LogP contribution in [0.15, 0.2) is 40.9 Å². The second kappa shape index (κ2) is 7.68. The molecule has 0 aliphatic heterocycles. The van der Waals surface area contributed by atoms with Gasteiger partial charge >= 0.3 is 11.9 Å². The second-order valence-corrected chi connectivity index (χ2v) is 5.99. The van der Waals surface area contributed by atoms with Gasteiger partial charge < -0.3 is 14.6 Å². The Balaban J connectivity index is 2.01. The van der Waals surface area contributed by atoms with Gasteiger partial charge in [0.25, 0.3) is 0 Å². The van der Waals surface area contributed by atoms with Crippen LogP contribution in [0.5, 0.6) is 11.5 Å². The molecule has 0 saturated heterocycles. The van der Waals surface area contributed by atoms with Crippen LogP contribution in [0.25, 0.3) is 0 Å². The second-order valence-electron chi connectivity index (χ2n) is 4.29. The number of carboxylic acid groups (broad SMARTS) is 1. The average molecular weight is 420 g/mol. The molecule has 0 saturated carbocycles. The lowest BCUT2D eigenvalue weighted by atomic mass is 10.2. The molecule has 23 heavy (non-hydrogen) atoms. The first-order chi connectivity index (χ1) is 10.9. The fourth-order valence-electron chi connectivity index (χ4n) is 1.65. The van der Waals surface area contributed by atoms with E-state index in [0.29, 0.717) is 9.50 Å². The van der Waals surface area contributed by atoms with Crippen molar-refractivity contribution in [3.05, 3.63) is 56.5 Å². The van der Waals surface area contributed by atoms with E-state index < -0.39 is 18.5 Å². The summed E-state index contributed by atoms with van der Waals surface area (Å²) >= 11 is 15.0. The molecule has 0 unspecified atom stereocenters. The van der Waals surface area contributed by atoms with Gasteiger partial charge in [-0.1, -0.05) is 29.3 Å². The molecule has 0 aliphatic rings. The van der Waals surface area contributed by atoms with Crippen LogP contribution in [0.1, 0.15) is 10.4 Å². The van der Waals surface area contributed by atoms with E-state index >= 15 is 0 Å². The minimum Gasteiger partial charge on any atom is -0.479 e. The molecule has 0 fully saturated rings. The summed E-state index contributed by atoms with van der Waals surface area (Å²) in [4.78, 5) is 22.6. The topological polar surface area (TPSA) is 72.8 Å². The number of carbonyl (C=O) groups is 2. The van der Waals surface area contributed by atoms with E-state index in [9.17, 15) is 9.59 Å². The van der Waals surface area contributed by atoms with Crippen LogP contribution in [0.4, 0.5) is 0 Å². The normalized spacial score (nSPS) is 10.2. The average Bonchev–Trinajstić information content (AvgIpc) is 2.46. The Bertz CT molecular complexity index is 740. The monoisotopic (exact) mass is 418 g/mol. The predicted octanol–water partition coefficient (Wildman–Crippen LogP) is 4.44. The van der Waals surface area contributed by atoms with Gasteiger partial charge in [0, 0.05) is 5.02 Å². The maximum absolute atomic E-state index is 11.8. The molecule has 2 aromatic rings. The first kappa shape index (κ1) is 17.6. The van der Waals surface area contributed by atoms with Crippen molar-refractivity contribution >= 4 is 51.1 Å². The maximum atomic E-state index is 11.8. The highest BCUT2D eigenvalue weighted by Crippen LogP contribution is 2.36. The van der Waals surface area contributed by atoms with E-state index in [-0.39, 0.29) is 22.1 Å². The Labute approximate surface area is 149 Å². The molecule has 120 valence electrons. The number of benzene rings is 2. The standard InChI is InChI=1S/C15H9BrCl2O5/c16-11-5-9(17)6-12(18)14(11)22-7-13(19)23-10-3-1-2-8(4-10)15(20)21/h1-6H,7H2,(H,20,21). The van der Waals surface area contributed by atoms with Gasteiger partial charge in [-0.05, 0) is 46.3 Å². The Morgan fingerprint density at radius 1 is 1.17 bits per heavy atom. The van der Waals surface area contributed by atoms with Crippen molar-refractivity contribution in [2.45, 2.75) is 0 Å². The third-order valence-corrected chi connectivity index (χ3v) is 3.70. The van der Waals surface area contributed by atoms with Crippen LogP contribution >= 0.6 is 39.1 Å². The number of esters is 1. The van der Waals surface area contributed by atoms with Crippen molar-refractivity contribution < 1.29 is 24.2 Å². The molecular formula is C15H9BrCl2O5. The zero-order chi connectivity index (χ0) is 17.0. The molecule has 0 bridgehead atoms. The summed E-state index contributed by atoms with van der Waals surface area (Å²) < 4.78 is 10.8. The number of carbonyl (C=O) groups excluding carboxylic acids is 1. The highest BCUT2D eigenvalue weighted by molar-refractivity contribution is 9.10. The number of aromatic carboxylic acids is 1. The summed E-state index contributed by atoms with van der Waals surface area (Å²) in [5.74, 6) is -1.45. The summed E-state index contributed by atoms with van der Waals surface area (Å²) in [6, 6.07) is 8.62. The van der Waals surface area contributed by atoms with E-state index in [1.54, 1.807) is 6.07 Å². The van der Waals surface area contributed by atoms with Gasteiger partial charge in [-0.25, -0.2) is 9.59 Å². The molecule has 0 aromatic heterocycles. The Kier molecular flexibility index (Phi) is 5.87. The lowest BCUT2D eigenvalue weighted by Gasteiger charge is -2.10. The van der Waals surface area contributed by atoms with Crippen molar-refractivity contribution in [1.82, 2.24) is 0 Å². The van der Waals surface area contributed by atoms with Gasteiger partial charge in [0.05, 0.1) is 15.1 Å². The van der Waals surface area contributed by atoms with E-state index in [1.807, 2.05) is 0 Å². The summed E-state index contributed by atoms with van der Waals surface area (Å²) in [5, 5.41) is 9.54. The van der Waals surface area contributed by atoms with Crippen LogP contribution in [0.3, 0.4) is 0 Å². The largest absolute Gasteiger partial charge is 0.479 e. The third kappa shape index (κ3) is 4.86. The van der Waals surface area contributed by atoms with Gasteiger partial charge in [0.15, 0.2) is 12.4 Å². The van der Waals surface area contributed by atoms with Crippen LogP contribution in [0, 0.1) is 0 Å². The SMILES string of the molecule is O=C(COc1c(Cl)cc(Cl)cc1Br)Oc1cccc(C(=O)O)c1. The molecule has 5 nitrogen and oxygen atoms in total. The molecule has 0 amide bonds. The molecule has 8 heteroatoms. The van der Waals surface area contributed by atoms with Crippen LogP contribution < -0.4 is 9.47 Å². The van der Waals surface area contributed by atoms with Crippen molar-refractivity contribution in [3.8, 4) is 11.5 Å². The molecule has 0 aliphatic carbocycles. The lowest BCUT2D eigenvalue weighted by molar-refractivity contribution is -0.136. The van der Waals surface area contributed by atoms with Gasteiger partial charge in [0.2, 0.25) is 0 Å². The molecular weight excluding hydrogens is 411 g/mol. The van der Waals surface area contributed by atoms with Gasteiger partial charge in [-0.15, -0.1) is 0 Å². The zero-order valence-electron chi connectivity index (χ0n) is 11.4. The number of rotatable bonds is 5. The third-order valence-electron chi connectivity index (χ3n) is 2.61. The molecule has 0 spiro atoms. The number of hydrogen-bond acceptors (Lipinski definition) is 4. The van der Waals surface area contributed by atoms with E-state index in [2.05, 4.69) is 15.9 Å². The van der Waals surface area contributed by atoms with Crippen LogP contribution in [-0.4, -0.2) is 23.7 Å². The molecule has 2 aromatic carbocycles. The zero-order valence-corrected chi connectivity index (χ0v) is 14.5. The fraction of sp³-hybridized carbons (Fsp3) is 0.0667. The van der Waals surface area contributed by atoms with Gasteiger partial charge in [-0.2, -0.15) is 0 Å². The lowest BCUT2D eigenvalue weighted by Crippen LogP contribution is -2.18. The Morgan fingerprint density at radius 2 is 1.91 bits per heavy atom. The molecule has 0 heterocycles. The van der Waals surface area contributed by atoms with Gasteiger partial charge in [-0.3, -0.25) is 0 Å². The Morgan fingerprint density at radius 3 is 2.57 bits per heavy atom. The Hall–Kier alpha value is -1.76. The van der Waals surface area contributed by atoms with E-state index in [0.717, 1.165) is 0 Å². The van der Waals surface area contributed by atoms with Crippen molar-refractivity contribution in [2.24, 2.45) is 0 Å².